The maximum atomic E-state index is 11.8. The zero-order valence-corrected chi connectivity index (χ0v) is 15.3. The summed E-state index contributed by atoms with van der Waals surface area (Å²) in [5, 5.41) is 9.90. The van der Waals surface area contributed by atoms with Gasteiger partial charge in [-0.05, 0) is 49.6 Å². The van der Waals surface area contributed by atoms with E-state index in [9.17, 15) is 10.1 Å². The van der Waals surface area contributed by atoms with E-state index in [2.05, 4.69) is 4.90 Å². The standard InChI is InChI=1S/C20H23ClN2O2/c1-2-25-20(24)17(15-22)9-12-19(16-7-10-18(21)11-8-16)23-13-5-3-4-6-14-23/h7-12H,2-6,13-14H2,1H3/b17-9+,19-12-. The summed E-state index contributed by atoms with van der Waals surface area (Å²) in [5.74, 6) is -0.590. The molecule has 4 nitrogen and oxygen atoms in total. The van der Waals surface area contributed by atoms with Crippen LogP contribution in [0.15, 0.2) is 42.0 Å². The van der Waals surface area contributed by atoms with E-state index in [4.69, 9.17) is 16.3 Å². The summed E-state index contributed by atoms with van der Waals surface area (Å²) in [6, 6.07) is 9.54. The molecule has 1 fully saturated rings. The van der Waals surface area contributed by atoms with Crippen molar-refractivity contribution in [3.63, 3.8) is 0 Å². The fourth-order valence-electron chi connectivity index (χ4n) is 2.84. The number of allylic oxidation sites excluding steroid dienone is 2. The van der Waals surface area contributed by atoms with Crippen LogP contribution in [0.2, 0.25) is 5.02 Å². The summed E-state index contributed by atoms with van der Waals surface area (Å²) in [5.41, 5.74) is 2.02. The molecule has 1 saturated heterocycles. The summed E-state index contributed by atoms with van der Waals surface area (Å²) < 4.78 is 4.92. The Morgan fingerprint density at radius 2 is 1.84 bits per heavy atom. The highest BCUT2D eigenvalue weighted by molar-refractivity contribution is 6.30. The number of rotatable bonds is 5. The number of carbonyl (C=O) groups excluding carboxylic acids is 1. The minimum Gasteiger partial charge on any atom is -0.462 e. The molecule has 0 amide bonds. The van der Waals surface area contributed by atoms with Crippen molar-refractivity contribution in [1.82, 2.24) is 4.90 Å². The maximum absolute atomic E-state index is 11.8. The summed E-state index contributed by atoms with van der Waals surface area (Å²) in [7, 11) is 0. The van der Waals surface area contributed by atoms with Crippen LogP contribution in [0.5, 0.6) is 0 Å². The SMILES string of the molecule is CCOC(=O)/C(C#N)=C/C=C(/c1ccc(Cl)cc1)N1CCCCCC1. The summed E-state index contributed by atoms with van der Waals surface area (Å²) in [6.45, 7) is 3.89. The van der Waals surface area contributed by atoms with E-state index in [0.717, 1.165) is 37.2 Å². The number of benzene rings is 1. The molecule has 0 bridgehead atoms. The third-order valence-corrected chi connectivity index (χ3v) is 4.36. The lowest BCUT2D eigenvalue weighted by Gasteiger charge is -2.26. The summed E-state index contributed by atoms with van der Waals surface area (Å²) >= 11 is 6.01. The maximum Gasteiger partial charge on any atom is 0.348 e. The molecule has 0 saturated carbocycles. The van der Waals surface area contributed by atoms with Crippen molar-refractivity contribution in [2.24, 2.45) is 0 Å². The highest BCUT2D eigenvalue weighted by Crippen LogP contribution is 2.25. The average molecular weight is 359 g/mol. The molecule has 0 aliphatic carbocycles. The Morgan fingerprint density at radius 3 is 2.40 bits per heavy atom. The van der Waals surface area contributed by atoms with E-state index < -0.39 is 5.97 Å². The zero-order valence-electron chi connectivity index (χ0n) is 14.5. The number of likely N-dealkylation sites (tertiary alicyclic amines) is 1. The minimum atomic E-state index is -0.590. The Bertz CT molecular complexity index is 679. The van der Waals surface area contributed by atoms with Gasteiger partial charge in [-0.3, -0.25) is 0 Å². The number of hydrogen-bond donors (Lipinski definition) is 0. The van der Waals surface area contributed by atoms with Crippen LogP contribution in [0, 0.1) is 11.3 Å². The Hall–Kier alpha value is -2.25. The van der Waals surface area contributed by atoms with Gasteiger partial charge in [0.05, 0.1) is 6.61 Å². The molecule has 1 aliphatic heterocycles. The Labute approximate surface area is 154 Å². The molecule has 0 aromatic heterocycles. The van der Waals surface area contributed by atoms with Crippen molar-refractivity contribution in [3.05, 3.63) is 52.6 Å². The van der Waals surface area contributed by atoms with Gasteiger partial charge in [0.15, 0.2) is 0 Å². The van der Waals surface area contributed by atoms with Gasteiger partial charge in [0, 0.05) is 23.8 Å². The van der Waals surface area contributed by atoms with Gasteiger partial charge in [0.25, 0.3) is 0 Å². The van der Waals surface area contributed by atoms with Gasteiger partial charge in [0.1, 0.15) is 11.6 Å². The fourth-order valence-corrected chi connectivity index (χ4v) is 2.96. The van der Waals surface area contributed by atoms with Gasteiger partial charge < -0.3 is 9.64 Å². The average Bonchev–Trinajstić information content (AvgIpc) is 2.89. The summed E-state index contributed by atoms with van der Waals surface area (Å²) in [6.07, 6.45) is 8.12. The molecule has 0 radical (unpaired) electrons. The predicted octanol–water partition coefficient (Wildman–Crippen LogP) is 4.57. The highest BCUT2D eigenvalue weighted by atomic mass is 35.5. The van der Waals surface area contributed by atoms with Crippen LogP contribution in [-0.4, -0.2) is 30.6 Å². The van der Waals surface area contributed by atoms with Crippen LogP contribution < -0.4 is 0 Å². The lowest BCUT2D eigenvalue weighted by atomic mass is 10.1. The number of ether oxygens (including phenoxy) is 1. The number of nitrogens with zero attached hydrogens (tertiary/aromatic N) is 2. The van der Waals surface area contributed by atoms with Crippen LogP contribution in [0.1, 0.15) is 38.2 Å². The topological polar surface area (TPSA) is 53.3 Å². The van der Waals surface area contributed by atoms with Gasteiger partial charge in [-0.1, -0.05) is 36.6 Å². The van der Waals surface area contributed by atoms with Gasteiger partial charge in [0.2, 0.25) is 0 Å². The van der Waals surface area contributed by atoms with Crippen LogP contribution in [0.4, 0.5) is 0 Å². The van der Waals surface area contributed by atoms with Crippen molar-refractivity contribution in [3.8, 4) is 6.07 Å². The number of carbonyl (C=O) groups is 1. The molecule has 1 aliphatic rings. The molecule has 2 rings (SSSR count). The number of nitriles is 1. The second-order valence-electron chi connectivity index (χ2n) is 5.87. The van der Waals surface area contributed by atoms with Crippen molar-refractivity contribution in [2.75, 3.05) is 19.7 Å². The molecule has 1 heterocycles. The molecule has 5 heteroatoms. The predicted molar refractivity (Wildman–Crippen MR) is 99.8 cm³/mol. The molecule has 1 aromatic carbocycles. The van der Waals surface area contributed by atoms with E-state index in [-0.39, 0.29) is 12.2 Å². The number of hydrogen-bond acceptors (Lipinski definition) is 4. The largest absolute Gasteiger partial charge is 0.462 e. The quantitative estimate of drug-likeness (QED) is 0.335. The molecule has 1 aromatic rings. The van der Waals surface area contributed by atoms with Crippen LogP contribution in [0.25, 0.3) is 5.70 Å². The monoisotopic (exact) mass is 358 g/mol. The van der Waals surface area contributed by atoms with Crippen molar-refractivity contribution in [1.29, 1.82) is 5.26 Å². The van der Waals surface area contributed by atoms with Crippen molar-refractivity contribution in [2.45, 2.75) is 32.6 Å². The molecular formula is C20H23ClN2O2. The minimum absolute atomic E-state index is 0.00290. The van der Waals surface area contributed by atoms with Gasteiger partial charge in [-0.2, -0.15) is 5.26 Å². The van der Waals surface area contributed by atoms with Crippen LogP contribution in [0.3, 0.4) is 0 Å². The number of halogens is 1. The van der Waals surface area contributed by atoms with Crippen LogP contribution >= 0.6 is 11.6 Å². The first-order valence-corrected chi connectivity index (χ1v) is 9.03. The molecule has 132 valence electrons. The van der Waals surface area contributed by atoms with E-state index in [1.165, 1.54) is 12.8 Å². The Balaban J connectivity index is 2.37. The van der Waals surface area contributed by atoms with E-state index in [1.807, 2.05) is 36.4 Å². The number of esters is 1. The first-order chi connectivity index (χ1) is 12.2. The second-order valence-corrected chi connectivity index (χ2v) is 6.31. The molecule has 0 N–H and O–H groups in total. The van der Waals surface area contributed by atoms with Gasteiger partial charge >= 0.3 is 5.97 Å². The Kier molecular flexibility index (Phi) is 7.56. The first kappa shape index (κ1) is 19.1. The second kappa shape index (κ2) is 9.90. The lowest BCUT2D eigenvalue weighted by molar-refractivity contribution is -0.138. The smallest absolute Gasteiger partial charge is 0.348 e. The van der Waals surface area contributed by atoms with E-state index in [0.29, 0.717) is 5.02 Å². The lowest BCUT2D eigenvalue weighted by Crippen LogP contribution is -2.23. The van der Waals surface area contributed by atoms with Crippen molar-refractivity contribution < 1.29 is 9.53 Å². The molecule has 0 unspecified atom stereocenters. The molecule has 0 atom stereocenters. The van der Waals surface area contributed by atoms with Gasteiger partial charge in [-0.25, -0.2) is 4.79 Å². The van der Waals surface area contributed by atoms with Crippen molar-refractivity contribution >= 4 is 23.3 Å². The molecular weight excluding hydrogens is 336 g/mol. The molecule has 0 spiro atoms. The van der Waals surface area contributed by atoms with Crippen LogP contribution in [-0.2, 0) is 9.53 Å². The molecule has 25 heavy (non-hydrogen) atoms. The van der Waals surface area contributed by atoms with E-state index >= 15 is 0 Å². The fraction of sp³-hybridized carbons (Fsp3) is 0.400. The van der Waals surface area contributed by atoms with Gasteiger partial charge in [-0.15, -0.1) is 0 Å². The van der Waals surface area contributed by atoms with E-state index in [1.54, 1.807) is 13.0 Å². The Morgan fingerprint density at radius 1 is 1.20 bits per heavy atom. The third-order valence-electron chi connectivity index (χ3n) is 4.11. The normalized spacial score (nSPS) is 16.1. The zero-order chi connectivity index (χ0) is 18.1. The highest BCUT2D eigenvalue weighted by Gasteiger charge is 2.15. The summed E-state index contributed by atoms with van der Waals surface area (Å²) in [4.78, 5) is 14.1. The third kappa shape index (κ3) is 5.65. The first-order valence-electron chi connectivity index (χ1n) is 8.65.